The van der Waals surface area contributed by atoms with Crippen molar-refractivity contribution in [3.8, 4) is 5.75 Å². The van der Waals surface area contributed by atoms with Crippen LogP contribution < -0.4 is 4.74 Å². The normalized spacial score (nSPS) is 27.3. The van der Waals surface area contributed by atoms with Gasteiger partial charge in [0.25, 0.3) is 0 Å². The van der Waals surface area contributed by atoms with Crippen LogP contribution in [0.3, 0.4) is 0 Å². The van der Waals surface area contributed by atoms with Crippen LogP contribution in [0, 0.1) is 11.8 Å². The van der Waals surface area contributed by atoms with Crippen molar-refractivity contribution in [3.05, 3.63) is 54.1 Å². The molecule has 0 bridgehead atoms. The number of aliphatic carboxylic acids is 1. The van der Waals surface area contributed by atoms with Crippen LogP contribution in [0.2, 0.25) is 0 Å². The Kier molecular flexibility index (Phi) is 7.79. The average molecular weight is 416 g/mol. The van der Waals surface area contributed by atoms with E-state index in [1.54, 1.807) is 6.08 Å². The summed E-state index contributed by atoms with van der Waals surface area (Å²) in [4.78, 5) is 22.8. The number of aliphatic hydroxyl groups is 2. The molecule has 1 heterocycles. The van der Waals surface area contributed by atoms with E-state index in [-0.39, 0.29) is 24.5 Å². The molecule has 0 aromatic heterocycles. The summed E-state index contributed by atoms with van der Waals surface area (Å²) < 4.78 is 11.3. The fourth-order valence-corrected chi connectivity index (χ4v) is 3.83. The van der Waals surface area contributed by atoms with Crippen molar-refractivity contribution >= 4 is 11.8 Å². The lowest BCUT2D eigenvalue weighted by molar-refractivity contribution is -0.152. The molecule has 0 radical (unpaired) electrons. The van der Waals surface area contributed by atoms with Crippen molar-refractivity contribution < 1.29 is 34.4 Å². The maximum absolute atomic E-state index is 12.3. The topological polar surface area (TPSA) is 113 Å². The molecule has 1 aromatic carbocycles. The summed E-state index contributed by atoms with van der Waals surface area (Å²) in [6.45, 7) is 0.339. The fourth-order valence-electron chi connectivity index (χ4n) is 3.83. The molecule has 0 spiro atoms. The van der Waals surface area contributed by atoms with Crippen LogP contribution in [-0.2, 0) is 20.9 Å². The first-order valence-electron chi connectivity index (χ1n) is 10.3. The van der Waals surface area contributed by atoms with E-state index < -0.39 is 30.4 Å². The Morgan fingerprint density at radius 3 is 2.87 bits per heavy atom. The second kappa shape index (κ2) is 10.5. The Hall–Kier alpha value is -2.48. The lowest BCUT2D eigenvalue weighted by Gasteiger charge is -2.28. The van der Waals surface area contributed by atoms with E-state index in [2.05, 4.69) is 0 Å². The predicted octanol–water partition coefficient (Wildman–Crippen LogP) is 2.61. The number of ether oxygens (including phenoxy) is 2. The van der Waals surface area contributed by atoms with Gasteiger partial charge in [0.15, 0.2) is 0 Å². The standard InChI is InChI=1S/C23H28O7/c24-18(23-29-14-15-7-5-6-9-21(15)30-23)12-11-17-16(19(25)13-20(17)26)8-3-1-2-4-10-22(27)28/h1,3,5-7,9,11-12,16-18,20,23-24,26H,2,4,8,10,13-14H2,(H,27,28)/t16-,17-,18+,20-,23-/m1/s1. The molecule has 162 valence electrons. The molecule has 30 heavy (non-hydrogen) atoms. The highest BCUT2D eigenvalue weighted by atomic mass is 16.7. The summed E-state index contributed by atoms with van der Waals surface area (Å²) in [6.07, 6.45) is 6.12. The van der Waals surface area contributed by atoms with Crippen LogP contribution in [0.15, 0.2) is 48.6 Å². The van der Waals surface area contributed by atoms with Crippen molar-refractivity contribution in [2.75, 3.05) is 0 Å². The molecule has 1 aliphatic carbocycles. The van der Waals surface area contributed by atoms with E-state index in [4.69, 9.17) is 14.6 Å². The molecule has 5 atom stereocenters. The van der Waals surface area contributed by atoms with Crippen molar-refractivity contribution in [2.24, 2.45) is 11.8 Å². The zero-order chi connectivity index (χ0) is 21.5. The van der Waals surface area contributed by atoms with Crippen molar-refractivity contribution in [2.45, 2.75) is 57.2 Å². The molecule has 2 aliphatic rings. The predicted molar refractivity (Wildman–Crippen MR) is 109 cm³/mol. The number of fused-ring (bicyclic) bond motifs is 1. The monoisotopic (exact) mass is 416 g/mol. The molecule has 0 saturated heterocycles. The molecular weight excluding hydrogens is 388 g/mol. The van der Waals surface area contributed by atoms with E-state index in [1.165, 1.54) is 6.08 Å². The first-order valence-corrected chi connectivity index (χ1v) is 10.3. The highest BCUT2D eigenvalue weighted by Crippen LogP contribution is 2.34. The van der Waals surface area contributed by atoms with Crippen LogP contribution in [0.1, 0.15) is 37.7 Å². The first kappa shape index (κ1) is 22.2. The fraction of sp³-hybridized carbons (Fsp3) is 0.478. The van der Waals surface area contributed by atoms with Crippen molar-refractivity contribution in [3.63, 3.8) is 0 Å². The molecule has 0 unspecified atom stereocenters. The number of carbonyl (C=O) groups excluding carboxylic acids is 1. The third kappa shape index (κ3) is 5.78. The van der Waals surface area contributed by atoms with Gasteiger partial charge < -0.3 is 24.8 Å². The summed E-state index contributed by atoms with van der Waals surface area (Å²) in [5, 5.41) is 29.4. The molecular formula is C23H28O7. The van der Waals surface area contributed by atoms with Gasteiger partial charge in [0.1, 0.15) is 17.6 Å². The number of allylic oxidation sites excluding steroid dienone is 2. The minimum Gasteiger partial charge on any atom is -0.481 e. The number of para-hydroxylation sites is 1. The van der Waals surface area contributed by atoms with Gasteiger partial charge in [-0.25, -0.2) is 0 Å². The highest BCUT2D eigenvalue weighted by Gasteiger charge is 2.39. The van der Waals surface area contributed by atoms with Crippen LogP contribution in [0.4, 0.5) is 0 Å². The lowest BCUT2D eigenvalue weighted by atomic mass is 9.90. The van der Waals surface area contributed by atoms with E-state index in [9.17, 15) is 19.8 Å². The second-order valence-electron chi connectivity index (χ2n) is 7.70. The van der Waals surface area contributed by atoms with Crippen LogP contribution >= 0.6 is 0 Å². The Morgan fingerprint density at radius 2 is 2.07 bits per heavy atom. The Balaban J connectivity index is 1.55. The summed E-state index contributed by atoms with van der Waals surface area (Å²) in [5.41, 5.74) is 0.914. The molecule has 3 N–H and O–H groups in total. The number of carboxylic acid groups (broad SMARTS) is 1. The number of ketones is 1. The molecule has 1 fully saturated rings. The van der Waals surface area contributed by atoms with Gasteiger partial charge in [0.05, 0.1) is 12.7 Å². The van der Waals surface area contributed by atoms with E-state index >= 15 is 0 Å². The minimum absolute atomic E-state index is 0.0130. The van der Waals surface area contributed by atoms with Crippen LogP contribution in [0.25, 0.3) is 0 Å². The van der Waals surface area contributed by atoms with Crippen molar-refractivity contribution in [1.29, 1.82) is 0 Å². The number of carboxylic acids is 1. The SMILES string of the molecule is O=C(O)CCCC=CC[C@H]1C(=O)C[C@@H](O)[C@@H]1C=C[C@H](O)[C@@H]1OCc2ccccc2O1. The number of hydrogen-bond donors (Lipinski definition) is 3. The highest BCUT2D eigenvalue weighted by molar-refractivity contribution is 5.84. The summed E-state index contributed by atoms with van der Waals surface area (Å²) >= 11 is 0. The van der Waals surface area contributed by atoms with E-state index in [0.717, 1.165) is 5.56 Å². The number of rotatable bonds is 9. The maximum Gasteiger partial charge on any atom is 0.303 e. The van der Waals surface area contributed by atoms with Gasteiger partial charge in [-0.1, -0.05) is 42.5 Å². The van der Waals surface area contributed by atoms with E-state index in [1.807, 2.05) is 36.4 Å². The van der Waals surface area contributed by atoms with Gasteiger partial charge in [-0.15, -0.1) is 0 Å². The van der Waals surface area contributed by atoms with Gasteiger partial charge in [0.2, 0.25) is 6.29 Å². The molecule has 7 heteroatoms. The number of Topliss-reactive ketones (excluding diaryl/α,β-unsaturated/α-hetero) is 1. The molecule has 0 amide bonds. The summed E-state index contributed by atoms with van der Waals surface area (Å²) in [6, 6.07) is 7.46. The number of benzene rings is 1. The Morgan fingerprint density at radius 1 is 1.27 bits per heavy atom. The molecule has 1 aromatic rings. The first-order chi connectivity index (χ1) is 14.5. The zero-order valence-corrected chi connectivity index (χ0v) is 16.7. The maximum atomic E-state index is 12.3. The number of hydrogen-bond acceptors (Lipinski definition) is 6. The third-order valence-electron chi connectivity index (χ3n) is 5.48. The summed E-state index contributed by atoms with van der Waals surface area (Å²) in [7, 11) is 0. The molecule has 1 saturated carbocycles. The van der Waals surface area contributed by atoms with Crippen molar-refractivity contribution in [1.82, 2.24) is 0 Å². The Labute approximate surface area is 175 Å². The minimum atomic E-state index is -1.03. The van der Waals surface area contributed by atoms with Gasteiger partial charge in [-0.3, -0.25) is 9.59 Å². The molecule has 3 rings (SSSR count). The lowest BCUT2D eigenvalue weighted by Crippen LogP contribution is -2.36. The quantitative estimate of drug-likeness (QED) is 0.419. The number of aliphatic hydroxyl groups excluding tert-OH is 2. The van der Waals surface area contributed by atoms with Gasteiger partial charge >= 0.3 is 5.97 Å². The van der Waals surface area contributed by atoms with Crippen LogP contribution in [-0.4, -0.2) is 45.6 Å². The second-order valence-corrected chi connectivity index (χ2v) is 7.70. The van der Waals surface area contributed by atoms with Gasteiger partial charge in [-0.05, 0) is 25.3 Å². The smallest absolute Gasteiger partial charge is 0.303 e. The zero-order valence-electron chi connectivity index (χ0n) is 16.7. The average Bonchev–Trinajstić information content (AvgIpc) is 3.00. The summed E-state index contributed by atoms with van der Waals surface area (Å²) in [5.74, 6) is -0.931. The molecule has 1 aliphatic heterocycles. The number of unbranched alkanes of at least 4 members (excludes halogenated alkanes) is 1. The molecule has 7 nitrogen and oxygen atoms in total. The van der Waals surface area contributed by atoms with Gasteiger partial charge in [0, 0.05) is 30.2 Å². The van der Waals surface area contributed by atoms with Gasteiger partial charge in [-0.2, -0.15) is 0 Å². The van der Waals surface area contributed by atoms with E-state index in [0.29, 0.717) is 31.6 Å². The number of carbonyl (C=O) groups is 2. The Bertz CT molecular complexity index is 800. The van der Waals surface area contributed by atoms with Crippen LogP contribution in [0.5, 0.6) is 5.75 Å². The largest absolute Gasteiger partial charge is 0.481 e. The third-order valence-corrected chi connectivity index (χ3v) is 5.48.